The Morgan fingerprint density at radius 3 is 2.82 bits per heavy atom. The van der Waals surface area contributed by atoms with Crippen LogP contribution in [0.4, 0.5) is 0 Å². The summed E-state index contributed by atoms with van der Waals surface area (Å²) >= 11 is 6.19. The van der Waals surface area contributed by atoms with Gasteiger partial charge < -0.3 is 10.3 Å². The Labute approximate surface area is 106 Å². The summed E-state index contributed by atoms with van der Waals surface area (Å²) in [7, 11) is 1.92. The lowest BCUT2D eigenvalue weighted by molar-refractivity contribution is 0.764. The summed E-state index contributed by atoms with van der Waals surface area (Å²) in [5, 5.41) is 3.71. The Hall–Kier alpha value is -1.32. The number of likely N-dealkylation sites (N-methyl/N-ethyl adjacent to an activating group) is 1. The van der Waals surface area contributed by atoms with Gasteiger partial charge >= 0.3 is 0 Å². The van der Waals surface area contributed by atoms with Crippen LogP contribution in [0.2, 0.25) is 5.15 Å². The Morgan fingerprint density at radius 1 is 1.35 bits per heavy atom. The molecule has 0 aliphatic heterocycles. The average Bonchev–Trinajstić information content (AvgIpc) is 2.68. The summed E-state index contributed by atoms with van der Waals surface area (Å²) in [6.45, 7) is 2.95. The first-order chi connectivity index (χ1) is 8.22. The predicted octanol–water partition coefficient (Wildman–Crippen LogP) is 2.80. The van der Waals surface area contributed by atoms with E-state index in [1.165, 1.54) is 5.56 Å². The van der Waals surface area contributed by atoms with Crippen molar-refractivity contribution in [2.45, 2.75) is 13.3 Å². The second-order valence-corrected chi connectivity index (χ2v) is 4.39. The van der Waals surface area contributed by atoms with Crippen molar-refractivity contribution in [1.29, 1.82) is 0 Å². The highest BCUT2D eigenvalue weighted by Crippen LogP contribution is 2.28. The molecule has 0 bridgehead atoms. The second kappa shape index (κ2) is 5.34. The van der Waals surface area contributed by atoms with E-state index in [2.05, 4.69) is 28.3 Å². The van der Waals surface area contributed by atoms with Gasteiger partial charge in [-0.05, 0) is 19.5 Å². The predicted molar refractivity (Wildman–Crippen MR) is 71.4 cm³/mol. The molecule has 2 aromatic rings. The fraction of sp³-hybridized carbons (Fsp3) is 0.308. The summed E-state index contributed by atoms with van der Waals surface area (Å²) in [5.41, 5.74) is 3.11. The molecule has 0 aliphatic carbocycles. The minimum atomic E-state index is 0.616. The quantitative estimate of drug-likeness (QED) is 0.875. The molecule has 90 valence electrons. The third kappa shape index (κ3) is 2.68. The van der Waals surface area contributed by atoms with Crippen molar-refractivity contribution >= 4 is 11.6 Å². The number of benzene rings is 1. The molecule has 0 unspecified atom stereocenters. The van der Waals surface area contributed by atoms with Gasteiger partial charge in [-0.25, -0.2) is 4.98 Å². The minimum absolute atomic E-state index is 0.616. The van der Waals surface area contributed by atoms with Crippen LogP contribution in [0, 0.1) is 6.92 Å². The summed E-state index contributed by atoms with van der Waals surface area (Å²) in [5.74, 6) is 0.919. The molecule has 0 atom stereocenters. The maximum Gasteiger partial charge on any atom is 0.134 e. The van der Waals surface area contributed by atoms with E-state index in [0.29, 0.717) is 5.15 Å². The number of nitrogens with zero attached hydrogens (tertiary/aromatic N) is 1. The van der Waals surface area contributed by atoms with Crippen LogP contribution in [-0.4, -0.2) is 23.6 Å². The highest BCUT2D eigenvalue weighted by Gasteiger charge is 2.11. The number of hydrogen-bond acceptors (Lipinski definition) is 2. The van der Waals surface area contributed by atoms with Gasteiger partial charge in [0.25, 0.3) is 0 Å². The minimum Gasteiger partial charge on any atom is -0.332 e. The molecule has 0 saturated heterocycles. The lowest BCUT2D eigenvalue weighted by Crippen LogP contribution is -2.11. The molecular formula is C13H16ClN3. The van der Waals surface area contributed by atoms with Crippen LogP contribution in [0.1, 0.15) is 11.4 Å². The average molecular weight is 250 g/mol. The van der Waals surface area contributed by atoms with Crippen molar-refractivity contribution in [3.05, 3.63) is 40.8 Å². The van der Waals surface area contributed by atoms with Crippen molar-refractivity contribution in [3.63, 3.8) is 0 Å². The van der Waals surface area contributed by atoms with Crippen LogP contribution in [0.15, 0.2) is 24.3 Å². The summed E-state index contributed by atoms with van der Waals surface area (Å²) in [4.78, 5) is 7.67. The maximum atomic E-state index is 6.19. The van der Waals surface area contributed by atoms with Gasteiger partial charge in [0, 0.05) is 18.5 Å². The van der Waals surface area contributed by atoms with E-state index in [1.54, 1.807) is 0 Å². The van der Waals surface area contributed by atoms with Gasteiger partial charge in [-0.1, -0.05) is 35.9 Å². The molecule has 4 heteroatoms. The Bertz CT molecular complexity index is 505. The zero-order valence-electron chi connectivity index (χ0n) is 10.0. The first-order valence-corrected chi connectivity index (χ1v) is 6.05. The van der Waals surface area contributed by atoms with Gasteiger partial charge in [-0.3, -0.25) is 0 Å². The van der Waals surface area contributed by atoms with E-state index in [9.17, 15) is 0 Å². The molecule has 17 heavy (non-hydrogen) atoms. The Kier molecular flexibility index (Phi) is 3.82. The standard InChI is InChI=1S/C13H16ClN3/c1-9-5-3-4-6-10(9)12-13(14)17-11(16-12)7-8-15-2/h3-6,15H,7-8H2,1-2H3,(H,16,17). The smallest absolute Gasteiger partial charge is 0.134 e. The lowest BCUT2D eigenvalue weighted by atomic mass is 10.1. The van der Waals surface area contributed by atoms with Crippen molar-refractivity contribution in [2.24, 2.45) is 0 Å². The first kappa shape index (κ1) is 12.1. The Balaban J connectivity index is 2.33. The van der Waals surface area contributed by atoms with Crippen LogP contribution in [0.25, 0.3) is 11.3 Å². The van der Waals surface area contributed by atoms with Crippen molar-refractivity contribution < 1.29 is 0 Å². The molecule has 0 fully saturated rings. The maximum absolute atomic E-state index is 6.19. The molecule has 0 saturated carbocycles. The molecule has 1 aromatic heterocycles. The van der Waals surface area contributed by atoms with Crippen LogP contribution >= 0.6 is 11.6 Å². The van der Waals surface area contributed by atoms with Crippen molar-refractivity contribution in [1.82, 2.24) is 15.3 Å². The van der Waals surface area contributed by atoms with Gasteiger partial charge in [-0.2, -0.15) is 0 Å². The topological polar surface area (TPSA) is 40.7 Å². The lowest BCUT2D eigenvalue weighted by Gasteiger charge is -2.01. The third-order valence-corrected chi connectivity index (χ3v) is 2.99. The Morgan fingerprint density at radius 2 is 2.12 bits per heavy atom. The molecule has 1 aromatic carbocycles. The number of nitrogens with one attached hydrogen (secondary N) is 2. The SMILES string of the molecule is CNCCc1nc(-c2ccccc2C)c(Cl)[nH]1. The van der Waals surface area contributed by atoms with E-state index in [1.807, 2.05) is 25.2 Å². The zero-order chi connectivity index (χ0) is 12.3. The van der Waals surface area contributed by atoms with Crippen LogP contribution in [0.3, 0.4) is 0 Å². The number of aromatic amines is 1. The highest BCUT2D eigenvalue weighted by atomic mass is 35.5. The number of imidazole rings is 1. The van der Waals surface area contributed by atoms with Crippen LogP contribution in [-0.2, 0) is 6.42 Å². The van der Waals surface area contributed by atoms with Crippen molar-refractivity contribution in [3.8, 4) is 11.3 Å². The van der Waals surface area contributed by atoms with E-state index in [-0.39, 0.29) is 0 Å². The molecule has 0 spiro atoms. The molecule has 0 radical (unpaired) electrons. The van der Waals surface area contributed by atoms with Gasteiger partial charge in [0.05, 0.1) is 0 Å². The van der Waals surface area contributed by atoms with Gasteiger partial charge in [-0.15, -0.1) is 0 Å². The number of rotatable bonds is 4. The molecule has 2 N–H and O–H groups in total. The van der Waals surface area contributed by atoms with E-state index in [0.717, 1.165) is 30.0 Å². The number of aromatic nitrogens is 2. The van der Waals surface area contributed by atoms with Crippen LogP contribution in [0.5, 0.6) is 0 Å². The summed E-state index contributed by atoms with van der Waals surface area (Å²) in [6, 6.07) is 8.12. The van der Waals surface area contributed by atoms with Gasteiger partial charge in [0.15, 0.2) is 0 Å². The fourth-order valence-electron chi connectivity index (χ4n) is 1.78. The monoisotopic (exact) mass is 249 g/mol. The molecule has 0 amide bonds. The van der Waals surface area contributed by atoms with E-state index in [4.69, 9.17) is 11.6 Å². The normalized spacial score (nSPS) is 10.8. The van der Waals surface area contributed by atoms with E-state index >= 15 is 0 Å². The molecule has 0 aliphatic rings. The highest BCUT2D eigenvalue weighted by molar-refractivity contribution is 6.32. The first-order valence-electron chi connectivity index (χ1n) is 5.67. The molecule has 2 rings (SSSR count). The number of H-pyrrole nitrogens is 1. The van der Waals surface area contributed by atoms with Gasteiger partial charge in [0.1, 0.15) is 16.7 Å². The van der Waals surface area contributed by atoms with Crippen LogP contribution < -0.4 is 5.32 Å². The number of aryl methyl sites for hydroxylation is 1. The van der Waals surface area contributed by atoms with Gasteiger partial charge in [0.2, 0.25) is 0 Å². The molecular weight excluding hydrogens is 234 g/mol. The third-order valence-electron chi connectivity index (χ3n) is 2.72. The van der Waals surface area contributed by atoms with E-state index < -0.39 is 0 Å². The number of halogens is 1. The largest absolute Gasteiger partial charge is 0.332 e. The number of hydrogen-bond donors (Lipinski definition) is 2. The fourth-order valence-corrected chi connectivity index (χ4v) is 2.03. The summed E-state index contributed by atoms with van der Waals surface area (Å²) < 4.78 is 0. The zero-order valence-corrected chi connectivity index (χ0v) is 10.8. The molecule has 3 nitrogen and oxygen atoms in total. The second-order valence-electron chi connectivity index (χ2n) is 4.01. The molecule has 1 heterocycles. The van der Waals surface area contributed by atoms with Crippen molar-refractivity contribution in [2.75, 3.05) is 13.6 Å². The summed E-state index contributed by atoms with van der Waals surface area (Å²) in [6.07, 6.45) is 0.849.